The lowest BCUT2D eigenvalue weighted by atomic mass is 9.96. The van der Waals surface area contributed by atoms with Crippen molar-refractivity contribution in [2.45, 2.75) is 45.2 Å². The van der Waals surface area contributed by atoms with Crippen LogP contribution in [-0.2, 0) is 17.9 Å². The van der Waals surface area contributed by atoms with Crippen LogP contribution in [0.4, 0.5) is 0 Å². The number of hydrogen-bond acceptors (Lipinski definition) is 4. The molecule has 0 N–H and O–H groups in total. The molecule has 1 amide bonds. The van der Waals surface area contributed by atoms with Crippen molar-refractivity contribution in [1.82, 2.24) is 29.2 Å². The first-order chi connectivity index (χ1) is 13.7. The molecule has 0 spiro atoms. The van der Waals surface area contributed by atoms with Gasteiger partial charge in [0.2, 0.25) is 5.91 Å². The molecule has 0 saturated carbocycles. The predicted octanol–water partition coefficient (Wildman–Crippen LogP) is 2.63. The molecule has 3 aromatic heterocycles. The fourth-order valence-electron chi connectivity index (χ4n) is 3.91. The van der Waals surface area contributed by atoms with Crippen LogP contribution in [0.5, 0.6) is 0 Å². The number of pyridine rings is 1. The zero-order valence-electron chi connectivity index (χ0n) is 16.2. The van der Waals surface area contributed by atoms with E-state index >= 15 is 0 Å². The SMILES string of the molecule is Cc1ccnn1CCC(=O)N1CCC[C@@H](c2nccn2Cc2ccncc2)C1. The summed E-state index contributed by atoms with van der Waals surface area (Å²) in [5, 5.41) is 4.27. The number of likely N-dealkylation sites (tertiary alicyclic amines) is 1. The molecule has 4 rings (SSSR count). The summed E-state index contributed by atoms with van der Waals surface area (Å²) in [7, 11) is 0. The summed E-state index contributed by atoms with van der Waals surface area (Å²) in [5.74, 6) is 1.55. The number of imidazole rings is 1. The van der Waals surface area contributed by atoms with Crippen LogP contribution in [0.1, 0.15) is 42.3 Å². The van der Waals surface area contributed by atoms with Gasteiger partial charge in [-0.25, -0.2) is 4.98 Å². The topological polar surface area (TPSA) is 68.8 Å². The van der Waals surface area contributed by atoms with Gasteiger partial charge in [-0.1, -0.05) is 0 Å². The molecule has 7 heteroatoms. The van der Waals surface area contributed by atoms with Crippen molar-refractivity contribution < 1.29 is 4.79 Å². The number of amides is 1. The molecule has 4 heterocycles. The van der Waals surface area contributed by atoms with Crippen LogP contribution in [0.2, 0.25) is 0 Å². The minimum atomic E-state index is 0.201. The predicted molar refractivity (Wildman–Crippen MR) is 106 cm³/mol. The monoisotopic (exact) mass is 378 g/mol. The van der Waals surface area contributed by atoms with Crippen molar-refractivity contribution in [2.24, 2.45) is 0 Å². The van der Waals surface area contributed by atoms with Gasteiger partial charge in [-0.05, 0) is 43.5 Å². The zero-order valence-corrected chi connectivity index (χ0v) is 16.2. The number of aryl methyl sites for hydroxylation is 2. The van der Waals surface area contributed by atoms with Gasteiger partial charge >= 0.3 is 0 Å². The molecule has 1 fully saturated rings. The third-order valence-corrected chi connectivity index (χ3v) is 5.46. The quantitative estimate of drug-likeness (QED) is 0.661. The van der Waals surface area contributed by atoms with Crippen molar-refractivity contribution in [2.75, 3.05) is 13.1 Å². The highest BCUT2D eigenvalue weighted by molar-refractivity contribution is 5.76. The van der Waals surface area contributed by atoms with E-state index in [9.17, 15) is 4.79 Å². The molecule has 0 aliphatic carbocycles. The Labute approximate surface area is 165 Å². The number of piperidine rings is 1. The van der Waals surface area contributed by atoms with E-state index in [0.29, 0.717) is 13.0 Å². The number of hydrogen-bond donors (Lipinski definition) is 0. The fourth-order valence-corrected chi connectivity index (χ4v) is 3.91. The zero-order chi connectivity index (χ0) is 19.3. The van der Waals surface area contributed by atoms with Gasteiger partial charge in [0.25, 0.3) is 0 Å². The summed E-state index contributed by atoms with van der Waals surface area (Å²) in [6, 6.07) is 6.01. The van der Waals surface area contributed by atoms with Crippen molar-refractivity contribution in [3.05, 3.63) is 66.3 Å². The van der Waals surface area contributed by atoms with Crippen LogP contribution in [0.3, 0.4) is 0 Å². The van der Waals surface area contributed by atoms with E-state index in [0.717, 1.165) is 44.0 Å². The maximum Gasteiger partial charge on any atom is 0.224 e. The van der Waals surface area contributed by atoms with Crippen molar-refractivity contribution in [3.8, 4) is 0 Å². The van der Waals surface area contributed by atoms with Crippen LogP contribution in [0.25, 0.3) is 0 Å². The summed E-state index contributed by atoms with van der Waals surface area (Å²) in [5.41, 5.74) is 2.29. The third kappa shape index (κ3) is 4.13. The van der Waals surface area contributed by atoms with E-state index in [1.807, 2.05) is 59.5 Å². The molecule has 1 saturated heterocycles. The molecule has 1 aliphatic heterocycles. The van der Waals surface area contributed by atoms with E-state index in [1.54, 1.807) is 6.20 Å². The highest BCUT2D eigenvalue weighted by Crippen LogP contribution is 2.26. The standard InChI is InChI=1S/C21H26N6O/c1-17-4-10-24-27(17)13-7-20(28)25-12-2-3-19(16-25)21-23-11-14-26(21)15-18-5-8-22-9-6-18/h4-6,8-11,14,19H,2-3,7,12-13,15-16H2,1H3/t19-/m1/s1. The van der Waals surface area contributed by atoms with Gasteiger partial charge < -0.3 is 9.47 Å². The van der Waals surface area contributed by atoms with E-state index in [-0.39, 0.29) is 11.8 Å². The Bertz CT molecular complexity index is 916. The molecule has 7 nitrogen and oxygen atoms in total. The van der Waals surface area contributed by atoms with Gasteiger partial charge in [0.15, 0.2) is 0 Å². The number of rotatable bonds is 6. The number of carbonyl (C=O) groups excluding carboxylic acids is 1. The van der Waals surface area contributed by atoms with Gasteiger partial charge in [-0.3, -0.25) is 14.5 Å². The Balaban J connectivity index is 1.39. The Hall–Kier alpha value is -2.96. The summed E-state index contributed by atoms with van der Waals surface area (Å²) >= 11 is 0. The lowest BCUT2D eigenvalue weighted by Gasteiger charge is -2.33. The van der Waals surface area contributed by atoms with Gasteiger partial charge in [0.1, 0.15) is 5.82 Å². The molecule has 0 bridgehead atoms. The smallest absolute Gasteiger partial charge is 0.224 e. The van der Waals surface area contributed by atoms with E-state index < -0.39 is 0 Å². The second-order valence-corrected chi connectivity index (χ2v) is 7.39. The maximum absolute atomic E-state index is 12.7. The lowest BCUT2D eigenvalue weighted by molar-refractivity contribution is -0.132. The lowest BCUT2D eigenvalue weighted by Crippen LogP contribution is -2.40. The van der Waals surface area contributed by atoms with Crippen LogP contribution in [-0.4, -0.2) is 48.2 Å². The van der Waals surface area contributed by atoms with Gasteiger partial charge in [-0.15, -0.1) is 0 Å². The molecular weight excluding hydrogens is 352 g/mol. The summed E-state index contributed by atoms with van der Waals surface area (Å²) in [6.07, 6.45) is 11.9. The Morgan fingerprint density at radius 3 is 2.82 bits per heavy atom. The molecule has 0 aromatic carbocycles. The highest BCUT2D eigenvalue weighted by Gasteiger charge is 2.27. The second kappa shape index (κ2) is 8.37. The van der Waals surface area contributed by atoms with Crippen LogP contribution in [0, 0.1) is 6.92 Å². The number of aromatic nitrogens is 5. The number of carbonyl (C=O) groups is 1. The van der Waals surface area contributed by atoms with Crippen molar-refractivity contribution >= 4 is 5.91 Å². The van der Waals surface area contributed by atoms with Crippen molar-refractivity contribution in [1.29, 1.82) is 0 Å². The van der Waals surface area contributed by atoms with Crippen LogP contribution in [0.15, 0.2) is 49.2 Å². The Morgan fingerprint density at radius 1 is 1.18 bits per heavy atom. The molecule has 28 heavy (non-hydrogen) atoms. The largest absolute Gasteiger partial charge is 0.342 e. The van der Waals surface area contributed by atoms with E-state index in [2.05, 4.69) is 19.6 Å². The van der Waals surface area contributed by atoms with Crippen molar-refractivity contribution in [3.63, 3.8) is 0 Å². The van der Waals surface area contributed by atoms with Crippen LogP contribution < -0.4 is 0 Å². The molecule has 3 aromatic rings. The fraction of sp³-hybridized carbons (Fsp3) is 0.429. The molecule has 0 unspecified atom stereocenters. The van der Waals surface area contributed by atoms with Gasteiger partial charge in [0.05, 0.1) is 0 Å². The Kier molecular flexibility index (Phi) is 5.50. The first kappa shape index (κ1) is 18.4. The van der Waals surface area contributed by atoms with Gasteiger partial charge in [-0.2, -0.15) is 5.10 Å². The third-order valence-electron chi connectivity index (χ3n) is 5.46. The van der Waals surface area contributed by atoms with Crippen LogP contribution >= 0.6 is 0 Å². The Morgan fingerprint density at radius 2 is 2.04 bits per heavy atom. The second-order valence-electron chi connectivity index (χ2n) is 7.39. The molecular formula is C21H26N6O. The summed E-state index contributed by atoms with van der Waals surface area (Å²) in [4.78, 5) is 23.5. The molecule has 1 atom stereocenters. The normalized spacial score (nSPS) is 17.0. The molecule has 0 radical (unpaired) electrons. The average Bonchev–Trinajstić information content (AvgIpc) is 3.36. The number of nitrogens with zero attached hydrogens (tertiary/aromatic N) is 6. The first-order valence-electron chi connectivity index (χ1n) is 9.87. The van der Waals surface area contributed by atoms with Gasteiger partial charge in [0, 0.05) is 75.2 Å². The molecule has 1 aliphatic rings. The first-order valence-corrected chi connectivity index (χ1v) is 9.87. The summed E-state index contributed by atoms with van der Waals surface area (Å²) in [6.45, 7) is 5.00. The molecule has 146 valence electrons. The van der Waals surface area contributed by atoms with E-state index in [4.69, 9.17) is 0 Å². The summed E-state index contributed by atoms with van der Waals surface area (Å²) < 4.78 is 4.09. The maximum atomic E-state index is 12.7. The van der Waals surface area contributed by atoms with E-state index in [1.165, 1.54) is 5.56 Å². The minimum Gasteiger partial charge on any atom is -0.342 e. The average molecular weight is 378 g/mol. The minimum absolute atomic E-state index is 0.201. The highest BCUT2D eigenvalue weighted by atomic mass is 16.2.